The predicted molar refractivity (Wildman–Crippen MR) is 125 cm³/mol. The number of rotatable bonds is 8. The van der Waals surface area contributed by atoms with Gasteiger partial charge in [0.15, 0.2) is 0 Å². The maximum atomic E-state index is 13.1. The highest BCUT2D eigenvalue weighted by atomic mass is 16.2. The maximum absolute atomic E-state index is 13.1. The van der Waals surface area contributed by atoms with Gasteiger partial charge in [0.05, 0.1) is 0 Å². The van der Waals surface area contributed by atoms with Gasteiger partial charge in [-0.3, -0.25) is 9.59 Å². The van der Waals surface area contributed by atoms with Crippen LogP contribution in [-0.4, -0.2) is 41.4 Å². The van der Waals surface area contributed by atoms with Crippen LogP contribution < -0.4 is 16.0 Å². The molecule has 3 N–H and O–H groups in total. The highest BCUT2D eigenvalue weighted by Crippen LogP contribution is 2.31. The summed E-state index contributed by atoms with van der Waals surface area (Å²) in [6.07, 6.45) is 2.94. The summed E-state index contributed by atoms with van der Waals surface area (Å²) in [5, 5.41) is 8.68. The van der Waals surface area contributed by atoms with Crippen molar-refractivity contribution in [3.05, 3.63) is 65.7 Å². The zero-order chi connectivity index (χ0) is 23.0. The van der Waals surface area contributed by atoms with E-state index in [-0.39, 0.29) is 17.8 Å². The van der Waals surface area contributed by atoms with E-state index in [0.717, 1.165) is 18.4 Å². The average Bonchev–Trinajstić information content (AvgIpc) is 3.29. The number of carbonyl (C=O) groups excluding carboxylic acids is 3. The van der Waals surface area contributed by atoms with Crippen molar-refractivity contribution < 1.29 is 14.4 Å². The molecule has 0 bridgehead atoms. The Hall–Kier alpha value is -3.35. The summed E-state index contributed by atoms with van der Waals surface area (Å²) in [5.74, 6) is -0.260. The van der Waals surface area contributed by atoms with E-state index in [1.807, 2.05) is 44.2 Å². The number of hydrogen-bond donors (Lipinski definition) is 3. The van der Waals surface area contributed by atoms with Crippen LogP contribution in [0.4, 0.5) is 10.5 Å². The number of benzene rings is 2. The molecular formula is C25H32N4O3. The molecule has 0 radical (unpaired) electrons. The number of anilines is 1. The van der Waals surface area contributed by atoms with Crippen LogP contribution in [0.1, 0.15) is 55.5 Å². The summed E-state index contributed by atoms with van der Waals surface area (Å²) in [6.45, 7) is 5.58. The number of nitrogens with one attached hydrogen (secondary N) is 3. The molecule has 0 heterocycles. The lowest BCUT2D eigenvalue weighted by molar-refractivity contribution is -0.121. The molecule has 0 unspecified atom stereocenters. The van der Waals surface area contributed by atoms with Gasteiger partial charge in [0.2, 0.25) is 5.91 Å². The normalized spacial score (nSPS) is 14.4. The summed E-state index contributed by atoms with van der Waals surface area (Å²) in [5.41, 5.74) is 1.24. The van der Waals surface area contributed by atoms with E-state index < -0.39 is 5.54 Å². The molecule has 1 aliphatic carbocycles. The Kier molecular flexibility index (Phi) is 7.87. The van der Waals surface area contributed by atoms with Crippen LogP contribution in [0.3, 0.4) is 0 Å². The summed E-state index contributed by atoms with van der Waals surface area (Å²) >= 11 is 0. The van der Waals surface area contributed by atoms with Crippen LogP contribution in [0.15, 0.2) is 54.6 Å². The Morgan fingerprint density at radius 2 is 1.53 bits per heavy atom. The van der Waals surface area contributed by atoms with Crippen molar-refractivity contribution >= 4 is 23.5 Å². The third-order valence-electron chi connectivity index (χ3n) is 5.98. The molecular weight excluding hydrogens is 404 g/mol. The molecule has 0 saturated heterocycles. The van der Waals surface area contributed by atoms with E-state index in [4.69, 9.17) is 0 Å². The van der Waals surface area contributed by atoms with Crippen molar-refractivity contribution in [3.63, 3.8) is 0 Å². The number of amides is 4. The zero-order valence-corrected chi connectivity index (χ0v) is 18.8. The Labute approximate surface area is 189 Å². The van der Waals surface area contributed by atoms with Gasteiger partial charge in [-0.15, -0.1) is 0 Å². The third-order valence-corrected chi connectivity index (χ3v) is 5.98. The zero-order valence-electron chi connectivity index (χ0n) is 18.8. The summed E-state index contributed by atoms with van der Waals surface area (Å²) in [7, 11) is 0. The van der Waals surface area contributed by atoms with Crippen molar-refractivity contribution in [2.75, 3.05) is 18.4 Å². The molecule has 1 fully saturated rings. The van der Waals surface area contributed by atoms with Crippen molar-refractivity contribution in [1.82, 2.24) is 15.5 Å². The van der Waals surface area contributed by atoms with Gasteiger partial charge < -0.3 is 20.9 Å². The lowest BCUT2D eigenvalue weighted by atomic mass is 9.96. The van der Waals surface area contributed by atoms with Crippen LogP contribution in [0, 0.1) is 0 Å². The highest BCUT2D eigenvalue weighted by Gasteiger charge is 2.42. The van der Waals surface area contributed by atoms with E-state index in [1.165, 1.54) is 0 Å². The topological polar surface area (TPSA) is 90.5 Å². The fourth-order valence-electron chi connectivity index (χ4n) is 4.07. The molecule has 0 atom stereocenters. The standard InChI is InChI=1S/C25H32N4O3/c1-3-29(4-2)22(30)20-12-14-21(15-13-20)27-23(31)25(16-8-9-17-25)28-24(32)26-18-19-10-6-5-7-11-19/h5-7,10-15H,3-4,8-9,16-18H2,1-2H3,(H,27,31)(H2,26,28,32). The lowest BCUT2D eigenvalue weighted by Gasteiger charge is -2.29. The second-order valence-corrected chi connectivity index (χ2v) is 8.09. The van der Waals surface area contributed by atoms with Crippen molar-refractivity contribution in [2.45, 2.75) is 51.6 Å². The van der Waals surface area contributed by atoms with Gasteiger partial charge in [0, 0.05) is 30.9 Å². The van der Waals surface area contributed by atoms with Gasteiger partial charge in [-0.05, 0) is 56.5 Å². The molecule has 1 saturated carbocycles. The molecule has 2 aromatic carbocycles. The number of urea groups is 1. The molecule has 7 nitrogen and oxygen atoms in total. The number of nitrogens with zero attached hydrogens (tertiary/aromatic N) is 1. The van der Waals surface area contributed by atoms with Gasteiger partial charge in [0.1, 0.15) is 5.54 Å². The van der Waals surface area contributed by atoms with E-state index in [9.17, 15) is 14.4 Å². The summed E-state index contributed by atoms with van der Waals surface area (Å²) in [6, 6.07) is 16.2. The number of hydrogen-bond acceptors (Lipinski definition) is 3. The number of carbonyl (C=O) groups is 3. The average molecular weight is 437 g/mol. The maximum Gasteiger partial charge on any atom is 0.315 e. The molecule has 4 amide bonds. The van der Waals surface area contributed by atoms with Crippen LogP contribution in [0.25, 0.3) is 0 Å². The molecule has 1 aliphatic rings. The SMILES string of the molecule is CCN(CC)C(=O)c1ccc(NC(=O)C2(NC(=O)NCc3ccccc3)CCCC2)cc1. The van der Waals surface area contributed by atoms with Crippen molar-refractivity contribution in [1.29, 1.82) is 0 Å². The molecule has 0 aromatic heterocycles. The van der Waals surface area contributed by atoms with E-state index >= 15 is 0 Å². The Morgan fingerprint density at radius 1 is 0.906 bits per heavy atom. The van der Waals surface area contributed by atoms with E-state index in [1.54, 1.807) is 29.2 Å². The van der Waals surface area contributed by atoms with E-state index in [0.29, 0.717) is 43.7 Å². The first-order chi connectivity index (χ1) is 15.5. The molecule has 3 rings (SSSR count). The fraction of sp³-hybridized carbons (Fsp3) is 0.400. The Balaban J connectivity index is 1.62. The minimum absolute atomic E-state index is 0.0307. The summed E-state index contributed by atoms with van der Waals surface area (Å²) in [4.78, 5) is 39.9. The quantitative estimate of drug-likeness (QED) is 0.586. The third kappa shape index (κ3) is 5.66. The first-order valence-corrected chi connectivity index (χ1v) is 11.3. The second-order valence-electron chi connectivity index (χ2n) is 8.09. The minimum Gasteiger partial charge on any atom is -0.339 e. The highest BCUT2D eigenvalue weighted by molar-refractivity contribution is 6.01. The van der Waals surface area contributed by atoms with Gasteiger partial charge in [-0.25, -0.2) is 4.79 Å². The molecule has 32 heavy (non-hydrogen) atoms. The van der Waals surface area contributed by atoms with Gasteiger partial charge >= 0.3 is 6.03 Å². The second kappa shape index (κ2) is 10.8. The molecule has 0 aliphatic heterocycles. The monoisotopic (exact) mass is 436 g/mol. The molecule has 0 spiro atoms. The van der Waals surface area contributed by atoms with Crippen LogP contribution >= 0.6 is 0 Å². The predicted octanol–water partition coefficient (Wildman–Crippen LogP) is 3.92. The smallest absolute Gasteiger partial charge is 0.315 e. The molecule has 170 valence electrons. The van der Waals surface area contributed by atoms with Gasteiger partial charge in [-0.1, -0.05) is 43.2 Å². The van der Waals surface area contributed by atoms with Gasteiger partial charge in [0.25, 0.3) is 5.91 Å². The van der Waals surface area contributed by atoms with Gasteiger partial charge in [-0.2, -0.15) is 0 Å². The fourth-order valence-corrected chi connectivity index (χ4v) is 4.07. The van der Waals surface area contributed by atoms with Crippen molar-refractivity contribution in [2.24, 2.45) is 0 Å². The minimum atomic E-state index is -0.934. The first-order valence-electron chi connectivity index (χ1n) is 11.3. The largest absolute Gasteiger partial charge is 0.339 e. The van der Waals surface area contributed by atoms with Crippen LogP contribution in [-0.2, 0) is 11.3 Å². The molecule has 7 heteroatoms. The van der Waals surface area contributed by atoms with Crippen LogP contribution in [0.5, 0.6) is 0 Å². The Bertz CT molecular complexity index is 918. The summed E-state index contributed by atoms with van der Waals surface area (Å²) < 4.78 is 0. The van der Waals surface area contributed by atoms with E-state index in [2.05, 4.69) is 16.0 Å². The van der Waals surface area contributed by atoms with Crippen LogP contribution in [0.2, 0.25) is 0 Å². The lowest BCUT2D eigenvalue weighted by Crippen LogP contribution is -2.57. The van der Waals surface area contributed by atoms with Crippen molar-refractivity contribution in [3.8, 4) is 0 Å². The first kappa shape index (κ1) is 23.3. The molecule has 2 aromatic rings. The Morgan fingerprint density at radius 3 is 2.12 bits per heavy atom.